The van der Waals surface area contributed by atoms with Crippen LogP contribution in [0, 0.1) is 17.0 Å². The number of nitrogens with zero attached hydrogens (tertiary/aromatic N) is 3. The molecule has 0 atom stereocenters. The first-order valence-electron chi connectivity index (χ1n) is 8.32. The van der Waals surface area contributed by atoms with Gasteiger partial charge in [-0.15, -0.1) is 0 Å². The lowest BCUT2D eigenvalue weighted by Crippen LogP contribution is -2.15. The number of nitro benzene ring substituents is 1. The predicted octanol–water partition coefficient (Wildman–Crippen LogP) is 3.30. The van der Waals surface area contributed by atoms with Crippen LogP contribution in [0.5, 0.6) is 0 Å². The molecule has 2 N–H and O–H groups in total. The average Bonchev–Trinajstić information content (AvgIpc) is 3.18. The van der Waals surface area contributed by atoms with Gasteiger partial charge in [0.15, 0.2) is 0 Å². The van der Waals surface area contributed by atoms with Gasteiger partial charge in [0.2, 0.25) is 5.91 Å². The number of benzene rings is 2. The molecule has 0 radical (unpaired) electrons. The van der Waals surface area contributed by atoms with Crippen LogP contribution in [0.25, 0.3) is 5.69 Å². The molecular formula is C19H17N5O4. The first-order chi connectivity index (χ1) is 13.4. The lowest BCUT2D eigenvalue weighted by atomic mass is 10.1. The normalized spacial score (nSPS) is 10.4. The molecule has 9 nitrogen and oxygen atoms in total. The summed E-state index contributed by atoms with van der Waals surface area (Å²) in [5.41, 5.74) is 1.98. The molecule has 9 heteroatoms. The van der Waals surface area contributed by atoms with Crippen molar-refractivity contribution in [3.8, 4) is 5.69 Å². The summed E-state index contributed by atoms with van der Waals surface area (Å²) < 4.78 is 1.50. The Bertz CT molecular complexity index is 1060. The largest absolute Gasteiger partial charge is 0.326 e. The molecule has 0 spiro atoms. The fraction of sp³-hybridized carbons (Fsp3) is 0.105. The number of carbonyl (C=O) groups excluding carboxylic acids is 2. The maximum Gasteiger partial charge on any atom is 0.294 e. The number of hydrogen-bond acceptors (Lipinski definition) is 5. The summed E-state index contributed by atoms with van der Waals surface area (Å²) in [6.07, 6.45) is 4.53. The van der Waals surface area contributed by atoms with Crippen molar-refractivity contribution >= 4 is 28.9 Å². The van der Waals surface area contributed by atoms with Crippen molar-refractivity contribution in [1.82, 2.24) is 9.55 Å². The number of hydrogen-bond donors (Lipinski definition) is 2. The number of imidazole rings is 1. The number of nitro groups is 1. The van der Waals surface area contributed by atoms with Gasteiger partial charge in [0.25, 0.3) is 11.6 Å². The Kier molecular flexibility index (Phi) is 5.16. The Morgan fingerprint density at radius 1 is 1.14 bits per heavy atom. The average molecular weight is 379 g/mol. The van der Waals surface area contributed by atoms with Crippen LogP contribution in [-0.4, -0.2) is 26.3 Å². The molecule has 0 bridgehead atoms. The molecule has 0 saturated heterocycles. The van der Waals surface area contributed by atoms with Gasteiger partial charge in [-0.25, -0.2) is 4.98 Å². The number of amides is 2. The third-order valence-corrected chi connectivity index (χ3v) is 4.11. The van der Waals surface area contributed by atoms with E-state index in [2.05, 4.69) is 15.6 Å². The third kappa shape index (κ3) is 3.88. The van der Waals surface area contributed by atoms with Crippen molar-refractivity contribution in [3.05, 3.63) is 76.4 Å². The highest BCUT2D eigenvalue weighted by Gasteiger charge is 2.19. The SMILES string of the molecule is CC(=O)Nc1cccc(NC(=O)c2ccc(-n3ccnc3)c([N+](=O)[O-])c2)c1C. The smallest absolute Gasteiger partial charge is 0.294 e. The van der Waals surface area contributed by atoms with Gasteiger partial charge in [-0.05, 0) is 36.8 Å². The van der Waals surface area contributed by atoms with Gasteiger partial charge in [0, 0.05) is 42.3 Å². The molecular weight excluding hydrogens is 362 g/mol. The minimum absolute atomic E-state index is 0.139. The van der Waals surface area contributed by atoms with Gasteiger partial charge in [-0.2, -0.15) is 0 Å². The highest BCUT2D eigenvalue weighted by Crippen LogP contribution is 2.27. The van der Waals surface area contributed by atoms with Crippen LogP contribution >= 0.6 is 0 Å². The minimum Gasteiger partial charge on any atom is -0.326 e. The Hall–Kier alpha value is -4.01. The van der Waals surface area contributed by atoms with E-state index in [4.69, 9.17) is 0 Å². The van der Waals surface area contributed by atoms with Crippen molar-refractivity contribution < 1.29 is 14.5 Å². The fourth-order valence-electron chi connectivity index (χ4n) is 2.72. The summed E-state index contributed by atoms with van der Waals surface area (Å²) in [7, 11) is 0. The molecule has 0 fully saturated rings. The Balaban J connectivity index is 1.90. The maximum atomic E-state index is 12.6. The highest BCUT2D eigenvalue weighted by molar-refractivity contribution is 6.06. The van der Waals surface area contributed by atoms with E-state index < -0.39 is 10.8 Å². The molecule has 1 heterocycles. The van der Waals surface area contributed by atoms with Crippen LogP contribution in [0.3, 0.4) is 0 Å². The molecule has 0 aliphatic carbocycles. The first kappa shape index (κ1) is 18.8. The van der Waals surface area contributed by atoms with Crippen molar-refractivity contribution in [2.75, 3.05) is 10.6 Å². The van der Waals surface area contributed by atoms with Crippen LogP contribution in [0.2, 0.25) is 0 Å². The van der Waals surface area contributed by atoms with E-state index in [9.17, 15) is 19.7 Å². The highest BCUT2D eigenvalue weighted by atomic mass is 16.6. The second-order valence-corrected chi connectivity index (χ2v) is 6.04. The molecule has 3 rings (SSSR count). The molecule has 2 amide bonds. The molecule has 28 heavy (non-hydrogen) atoms. The molecule has 3 aromatic rings. The van der Waals surface area contributed by atoms with Crippen LogP contribution in [-0.2, 0) is 4.79 Å². The van der Waals surface area contributed by atoms with Crippen molar-refractivity contribution in [2.45, 2.75) is 13.8 Å². The Morgan fingerprint density at radius 3 is 2.46 bits per heavy atom. The summed E-state index contributed by atoms with van der Waals surface area (Å²) in [6, 6.07) is 9.32. The summed E-state index contributed by atoms with van der Waals surface area (Å²) >= 11 is 0. The second kappa shape index (κ2) is 7.70. The minimum atomic E-state index is -0.547. The van der Waals surface area contributed by atoms with E-state index in [1.165, 1.54) is 42.2 Å². The van der Waals surface area contributed by atoms with Gasteiger partial charge in [-0.1, -0.05) is 6.07 Å². The zero-order chi connectivity index (χ0) is 20.3. The first-order valence-corrected chi connectivity index (χ1v) is 8.32. The number of nitrogens with one attached hydrogen (secondary N) is 2. The van der Waals surface area contributed by atoms with Gasteiger partial charge < -0.3 is 15.2 Å². The van der Waals surface area contributed by atoms with Crippen molar-refractivity contribution in [2.24, 2.45) is 0 Å². The van der Waals surface area contributed by atoms with E-state index in [-0.39, 0.29) is 17.2 Å². The molecule has 0 unspecified atom stereocenters. The zero-order valence-electron chi connectivity index (χ0n) is 15.2. The summed E-state index contributed by atoms with van der Waals surface area (Å²) in [5, 5.41) is 16.9. The van der Waals surface area contributed by atoms with Crippen LogP contribution < -0.4 is 10.6 Å². The lowest BCUT2D eigenvalue weighted by Gasteiger charge is -2.13. The standard InChI is InChI=1S/C19H17N5O4/c1-12-15(21-13(2)25)4-3-5-16(12)22-19(26)14-6-7-17(18(10-14)24(27)28)23-9-8-20-11-23/h3-11H,1-2H3,(H,21,25)(H,22,26). The van der Waals surface area contributed by atoms with Crippen LogP contribution in [0.15, 0.2) is 55.1 Å². The molecule has 2 aromatic carbocycles. The quantitative estimate of drug-likeness (QED) is 0.521. The number of rotatable bonds is 5. The van der Waals surface area contributed by atoms with Crippen molar-refractivity contribution in [1.29, 1.82) is 0 Å². The van der Waals surface area contributed by atoms with E-state index >= 15 is 0 Å². The molecule has 142 valence electrons. The summed E-state index contributed by atoms with van der Waals surface area (Å²) in [5.74, 6) is -0.722. The summed E-state index contributed by atoms with van der Waals surface area (Å²) in [6.45, 7) is 3.15. The van der Waals surface area contributed by atoms with Gasteiger partial charge in [-0.3, -0.25) is 19.7 Å². The maximum absolute atomic E-state index is 12.6. The molecule has 0 saturated carbocycles. The van der Waals surface area contributed by atoms with E-state index in [0.29, 0.717) is 22.6 Å². The number of carbonyl (C=O) groups is 2. The van der Waals surface area contributed by atoms with Crippen LogP contribution in [0.4, 0.5) is 17.1 Å². The third-order valence-electron chi connectivity index (χ3n) is 4.11. The zero-order valence-corrected chi connectivity index (χ0v) is 15.2. The monoisotopic (exact) mass is 379 g/mol. The summed E-state index contributed by atoms with van der Waals surface area (Å²) in [4.78, 5) is 38.7. The molecule has 1 aromatic heterocycles. The second-order valence-electron chi connectivity index (χ2n) is 6.04. The predicted molar refractivity (Wildman–Crippen MR) is 104 cm³/mol. The van der Waals surface area contributed by atoms with Gasteiger partial charge in [0.1, 0.15) is 5.69 Å². The Morgan fingerprint density at radius 2 is 1.86 bits per heavy atom. The van der Waals surface area contributed by atoms with Gasteiger partial charge in [0.05, 0.1) is 11.3 Å². The topological polar surface area (TPSA) is 119 Å². The van der Waals surface area contributed by atoms with E-state index in [1.54, 1.807) is 31.3 Å². The van der Waals surface area contributed by atoms with Crippen molar-refractivity contribution in [3.63, 3.8) is 0 Å². The van der Waals surface area contributed by atoms with E-state index in [0.717, 1.165) is 0 Å². The molecule has 0 aliphatic heterocycles. The van der Waals surface area contributed by atoms with Crippen LogP contribution in [0.1, 0.15) is 22.8 Å². The number of aromatic nitrogens is 2. The fourth-order valence-corrected chi connectivity index (χ4v) is 2.72. The van der Waals surface area contributed by atoms with E-state index in [1.807, 2.05) is 0 Å². The molecule has 0 aliphatic rings. The number of anilines is 2. The van der Waals surface area contributed by atoms with Gasteiger partial charge >= 0.3 is 0 Å². The Labute approximate surface area is 160 Å². The lowest BCUT2D eigenvalue weighted by molar-refractivity contribution is -0.384.